The van der Waals surface area contributed by atoms with Crippen molar-refractivity contribution in [1.82, 2.24) is 4.98 Å². The van der Waals surface area contributed by atoms with Crippen LogP contribution in [-0.4, -0.2) is 23.8 Å². The van der Waals surface area contributed by atoms with Crippen LogP contribution in [0.1, 0.15) is 23.0 Å². The third kappa shape index (κ3) is 2.42. The molecule has 5 heteroatoms. The van der Waals surface area contributed by atoms with Crippen LogP contribution in [-0.2, 0) is 9.53 Å². The molecule has 0 spiro atoms. The fraction of sp³-hybridized carbons (Fsp3) is 0.364. The number of halogens is 1. The molecule has 0 saturated carbocycles. The molecule has 0 saturated heterocycles. The summed E-state index contributed by atoms with van der Waals surface area (Å²) >= 11 is 0. The molecule has 0 bridgehead atoms. The standard InChI is InChI=1S/C11H12FNO3/c1-6-4-8(12)9(13-5-6)10(14)7(2)11(15)16-3/h4-5,7H,1-3H3. The summed E-state index contributed by atoms with van der Waals surface area (Å²) < 4.78 is 17.8. The minimum atomic E-state index is -1.05. The van der Waals surface area contributed by atoms with Crippen LogP contribution in [0.15, 0.2) is 12.3 Å². The predicted octanol–water partition coefficient (Wildman–Crippen LogP) is 1.52. The molecule has 1 rings (SSSR count). The number of ketones is 1. The lowest BCUT2D eigenvalue weighted by Crippen LogP contribution is -2.24. The van der Waals surface area contributed by atoms with E-state index in [0.29, 0.717) is 5.56 Å². The van der Waals surface area contributed by atoms with Crippen molar-refractivity contribution in [3.05, 3.63) is 29.3 Å². The minimum absolute atomic E-state index is 0.330. The summed E-state index contributed by atoms with van der Waals surface area (Å²) in [5, 5.41) is 0. The summed E-state index contributed by atoms with van der Waals surface area (Å²) in [7, 11) is 1.17. The average Bonchev–Trinajstić information content (AvgIpc) is 2.26. The number of hydrogen-bond donors (Lipinski definition) is 0. The third-order valence-electron chi connectivity index (χ3n) is 2.16. The topological polar surface area (TPSA) is 56.3 Å². The molecular weight excluding hydrogens is 213 g/mol. The number of hydrogen-bond acceptors (Lipinski definition) is 4. The third-order valence-corrected chi connectivity index (χ3v) is 2.16. The summed E-state index contributed by atoms with van der Waals surface area (Å²) in [5.74, 6) is -3.15. The van der Waals surface area contributed by atoms with Gasteiger partial charge >= 0.3 is 5.97 Å². The van der Waals surface area contributed by atoms with Crippen molar-refractivity contribution < 1.29 is 18.7 Å². The van der Waals surface area contributed by atoms with Crippen LogP contribution in [0.25, 0.3) is 0 Å². The fourth-order valence-corrected chi connectivity index (χ4v) is 1.20. The van der Waals surface area contributed by atoms with Crippen LogP contribution in [0.4, 0.5) is 4.39 Å². The molecule has 1 heterocycles. The first-order valence-electron chi connectivity index (χ1n) is 4.71. The summed E-state index contributed by atoms with van der Waals surface area (Å²) in [6.07, 6.45) is 1.38. The number of nitrogens with zero attached hydrogens (tertiary/aromatic N) is 1. The highest BCUT2D eigenvalue weighted by Crippen LogP contribution is 2.12. The first kappa shape index (κ1) is 12.3. The number of pyridine rings is 1. The summed E-state index contributed by atoms with van der Waals surface area (Å²) in [4.78, 5) is 26.5. The number of esters is 1. The zero-order chi connectivity index (χ0) is 12.3. The van der Waals surface area contributed by atoms with Gasteiger partial charge in [0.2, 0.25) is 0 Å². The van der Waals surface area contributed by atoms with Crippen LogP contribution >= 0.6 is 0 Å². The quantitative estimate of drug-likeness (QED) is 0.444. The van der Waals surface area contributed by atoms with E-state index < -0.39 is 23.5 Å². The van der Waals surface area contributed by atoms with Gasteiger partial charge in [-0.1, -0.05) is 0 Å². The first-order valence-corrected chi connectivity index (χ1v) is 4.71. The van der Waals surface area contributed by atoms with Crippen molar-refractivity contribution in [2.75, 3.05) is 7.11 Å². The van der Waals surface area contributed by atoms with E-state index in [1.54, 1.807) is 6.92 Å². The Bertz CT molecular complexity index is 431. The number of Topliss-reactive ketones (excluding diaryl/α,β-unsaturated/α-hetero) is 1. The molecule has 1 aromatic rings. The van der Waals surface area contributed by atoms with Crippen molar-refractivity contribution >= 4 is 11.8 Å². The molecule has 4 nitrogen and oxygen atoms in total. The number of rotatable bonds is 3. The van der Waals surface area contributed by atoms with Crippen LogP contribution < -0.4 is 0 Å². The lowest BCUT2D eigenvalue weighted by Gasteiger charge is -2.08. The molecule has 0 aliphatic heterocycles. The highest BCUT2D eigenvalue weighted by Gasteiger charge is 2.26. The van der Waals surface area contributed by atoms with Gasteiger partial charge in [0.05, 0.1) is 7.11 Å². The normalized spacial score (nSPS) is 12.0. The summed E-state index contributed by atoms with van der Waals surface area (Å²) in [5.41, 5.74) is 0.281. The Kier molecular flexibility index (Phi) is 3.71. The van der Waals surface area contributed by atoms with Gasteiger partial charge in [-0.2, -0.15) is 0 Å². The van der Waals surface area contributed by atoms with Crippen LogP contribution in [0.3, 0.4) is 0 Å². The first-order chi connectivity index (χ1) is 7.47. The number of aryl methyl sites for hydroxylation is 1. The maximum absolute atomic E-state index is 13.4. The lowest BCUT2D eigenvalue weighted by atomic mass is 10.0. The van der Waals surface area contributed by atoms with Gasteiger partial charge in [0, 0.05) is 6.20 Å². The SMILES string of the molecule is COC(=O)C(C)C(=O)c1ncc(C)cc1F. The summed E-state index contributed by atoms with van der Waals surface area (Å²) in [6, 6.07) is 1.20. The predicted molar refractivity (Wildman–Crippen MR) is 54.4 cm³/mol. The second kappa shape index (κ2) is 4.83. The second-order valence-corrected chi connectivity index (χ2v) is 3.45. The van der Waals surface area contributed by atoms with Crippen LogP contribution in [0, 0.1) is 18.7 Å². The monoisotopic (exact) mass is 225 g/mol. The maximum Gasteiger partial charge on any atom is 0.316 e. The van der Waals surface area contributed by atoms with Gasteiger partial charge < -0.3 is 4.74 Å². The van der Waals surface area contributed by atoms with Gasteiger partial charge in [0.1, 0.15) is 11.6 Å². The van der Waals surface area contributed by atoms with Gasteiger partial charge in [-0.05, 0) is 25.5 Å². The Balaban J connectivity index is 3.01. The number of carbonyl (C=O) groups excluding carboxylic acids is 2. The molecule has 1 atom stereocenters. The molecule has 0 N–H and O–H groups in total. The Morgan fingerprint density at radius 1 is 1.50 bits per heavy atom. The van der Waals surface area contributed by atoms with E-state index in [1.807, 2.05) is 0 Å². The second-order valence-electron chi connectivity index (χ2n) is 3.45. The largest absolute Gasteiger partial charge is 0.468 e. The fourth-order valence-electron chi connectivity index (χ4n) is 1.20. The Labute approximate surface area is 92.4 Å². The zero-order valence-corrected chi connectivity index (χ0v) is 9.28. The van der Waals surface area contributed by atoms with Crippen LogP contribution in [0.5, 0.6) is 0 Å². The number of ether oxygens (including phenoxy) is 1. The number of methoxy groups -OCH3 is 1. The maximum atomic E-state index is 13.4. The zero-order valence-electron chi connectivity index (χ0n) is 9.28. The highest BCUT2D eigenvalue weighted by atomic mass is 19.1. The number of carbonyl (C=O) groups is 2. The molecule has 0 aromatic carbocycles. The number of aromatic nitrogens is 1. The van der Waals surface area contributed by atoms with Gasteiger partial charge in [-0.25, -0.2) is 9.37 Å². The van der Waals surface area contributed by atoms with Crippen molar-refractivity contribution in [3.63, 3.8) is 0 Å². The molecule has 86 valence electrons. The smallest absolute Gasteiger partial charge is 0.316 e. The highest BCUT2D eigenvalue weighted by molar-refractivity contribution is 6.07. The molecule has 0 amide bonds. The van der Waals surface area contributed by atoms with Gasteiger partial charge in [-0.3, -0.25) is 9.59 Å². The molecule has 0 aliphatic carbocycles. The van der Waals surface area contributed by atoms with Crippen LogP contribution in [0.2, 0.25) is 0 Å². The van der Waals surface area contributed by atoms with Crippen molar-refractivity contribution in [1.29, 1.82) is 0 Å². The minimum Gasteiger partial charge on any atom is -0.468 e. The van der Waals surface area contributed by atoms with E-state index in [2.05, 4.69) is 9.72 Å². The van der Waals surface area contributed by atoms with E-state index in [1.165, 1.54) is 26.3 Å². The van der Waals surface area contributed by atoms with E-state index in [0.717, 1.165) is 0 Å². The molecule has 0 aliphatic rings. The van der Waals surface area contributed by atoms with Gasteiger partial charge in [-0.15, -0.1) is 0 Å². The molecule has 1 unspecified atom stereocenters. The van der Waals surface area contributed by atoms with Crippen molar-refractivity contribution in [3.8, 4) is 0 Å². The molecule has 0 fully saturated rings. The molecule has 1 aromatic heterocycles. The van der Waals surface area contributed by atoms with Gasteiger partial charge in [0.25, 0.3) is 0 Å². The molecule has 16 heavy (non-hydrogen) atoms. The van der Waals surface area contributed by atoms with E-state index >= 15 is 0 Å². The Morgan fingerprint density at radius 3 is 2.62 bits per heavy atom. The van der Waals surface area contributed by atoms with Gasteiger partial charge in [0.15, 0.2) is 11.6 Å². The Morgan fingerprint density at radius 2 is 2.12 bits per heavy atom. The van der Waals surface area contributed by atoms with E-state index in [-0.39, 0.29) is 5.69 Å². The van der Waals surface area contributed by atoms with E-state index in [9.17, 15) is 14.0 Å². The average molecular weight is 225 g/mol. The summed E-state index contributed by atoms with van der Waals surface area (Å²) in [6.45, 7) is 3.02. The molecular formula is C11H12FNO3. The molecule has 0 radical (unpaired) electrons. The Hall–Kier alpha value is -1.78. The van der Waals surface area contributed by atoms with E-state index in [4.69, 9.17) is 0 Å². The lowest BCUT2D eigenvalue weighted by molar-refractivity contribution is -0.143. The van der Waals surface area contributed by atoms with Crippen molar-refractivity contribution in [2.24, 2.45) is 5.92 Å². The van der Waals surface area contributed by atoms with Crippen molar-refractivity contribution in [2.45, 2.75) is 13.8 Å².